The normalized spacial score (nSPS) is 11.9. The van der Waals surface area contributed by atoms with Crippen molar-refractivity contribution in [3.05, 3.63) is 96.3 Å². The Bertz CT molecular complexity index is 1620. The molecule has 0 aliphatic rings. The van der Waals surface area contributed by atoms with Gasteiger partial charge in [-0.2, -0.15) is 0 Å². The number of Topliss-reactive ketones (excluding diaryl/α,β-unsaturated/α-hetero) is 1. The van der Waals surface area contributed by atoms with Crippen LogP contribution in [0.4, 0.5) is 0 Å². The minimum atomic E-state index is -0.718. The number of ketones is 1. The van der Waals surface area contributed by atoms with Crippen molar-refractivity contribution in [2.45, 2.75) is 51.5 Å². The molecule has 0 unspecified atom stereocenters. The predicted octanol–water partition coefficient (Wildman–Crippen LogP) is 6.58. The zero-order valence-electron chi connectivity index (χ0n) is 23.2. The number of hydrogen-bond acceptors (Lipinski definition) is 4. The molecule has 0 aliphatic carbocycles. The fraction of sp³-hybridized carbons (Fsp3) is 0.265. The van der Waals surface area contributed by atoms with Gasteiger partial charge in [0.25, 0.3) is 5.91 Å². The first-order chi connectivity index (χ1) is 20.0. The lowest BCUT2D eigenvalue weighted by atomic mass is 10.0. The number of aromatic nitrogens is 1. The lowest BCUT2D eigenvalue weighted by Crippen LogP contribution is -2.47. The summed E-state index contributed by atoms with van der Waals surface area (Å²) >= 11 is 0. The van der Waals surface area contributed by atoms with Crippen molar-refractivity contribution in [1.82, 2.24) is 15.6 Å². The average Bonchev–Trinajstić information content (AvgIpc) is 3.59. The Kier molecular flexibility index (Phi) is 8.94. The number of benzene rings is 3. The van der Waals surface area contributed by atoms with E-state index in [1.54, 1.807) is 19.1 Å². The van der Waals surface area contributed by atoms with E-state index in [9.17, 15) is 14.4 Å². The molecule has 41 heavy (non-hydrogen) atoms. The molecule has 2 heterocycles. The molecule has 0 bridgehead atoms. The highest BCUT2D eigenvalue weighted by Gasteiger charge is 2.23. The summed E-state index contributed by atoms with van der Waals surface area (Å²) in [6.07, 6.45) is 3.91. The topological polar surface area (TPSA) is 104 Å². The van der Waals surface area contributed by atoms with Gasteiger partial charge in [-0.05, 0) is 55.5 Å². The molecule has 5 aromatic rings. The Balaban J connectivity index is 1.27. The second-order valence-corrected chi connectivity index (χ2v) is 10.4. The van der Waals surface area contributed by atoms with Gasteiger partial charge in [-0.15, -0.1) is 0 Å². The summed E-state index contributed by atoms with van der Waals surface area (Å²) in [4.78, 5) is 41.3. The van der Waals surface area contributed by atoms with E-state index in [0.717, 1.165) is 46.0 Å². The highest BCUT2D eigenvalue weighted by atomic mass is 16.3. The van der Waals surface area contributed by atoms with E-state index < -0.39 is 11.9 Å². The number of unbranched alkanes of at least 4 members (excludes halogenated alkanes) is 2. The minimum absolute atomic E-state index is 0.157. The van der Waals surface area contributed by atoms with Gasteiger partial charge < -0.3 is 24.8 Å². The predicted molar refractivity (Wildman–Crippen MR) is 162 cm³/mol. The highest BCUT2D eigenvalue weighted by molar-refractivity contribution is 5.98. The van der Waals surface area contributed by atoms with Crippen molar-refractivity contribution < 1.29 is 18.8 Å². The molecule has 3 aromatic carbocycles. The molecular weight excluding hydrogens is 514 g/mol. The lowest BCUT2D eigenvalue weighted by Gasteiger charge is -2.18. The Hall–Kier alpha value is -4.65. The highest BCUT2D eigenvalue weighted by Crippen LogP contribution is 2.30. The minimum Gasteiger partial charge on any atom is -0.451 e. The molecule has 2 amide bonds. The maximum Gasteiger partial charge on any atom is 0.287 e. The number of para-hydroxylation sites is 2. The quantitative estimate of drug-likeness (QED) is 0.144. The van der Waals surface area contributed by atoms with Crippen LogP contribution in [0, 0.1) is 0 Å². The van der Waals surface area contributed by atoms with Crippen LogP contribution in [-0.4, -0.2) is 35.2 Å². The maximum absolute atomic E-state index is 13.4. The van der Waals surface area contributed by atoms with Crippen LogP contribution in [0.2, 0.25) is 0 Å². The van der Waals surface area contributed by atoms with Crippen LogP contribution in [0.5, 0.6) is 0 Å². The molecule has 0 fully saturated rings. The molecule has 0 aliphatic heterocycles. The molecule has 7 heteroatoms. The Morgan fingerprint density at radius 3 is 2.44 bits per heavy atom. The summed E-state index contributed by atoms with van der Waals surface area (Å²) in [6.45, 7) is 2.00. The number of furan rings is 1. The zero-order valence-corrected chi connectivity index (χ0v) is 23.2. The van der Waals surface area contributed by atoms with E-state index in [4.69, 9.17) is 4.42 Å². The van der Waals surface area contributed by atoms with E-state index in [1.807, 2.05) is 48.5 Å². The second-order valence-electron chi connectivity index (χ2n) is 10.4. The maximum atomic E-state index is 13.4. The van der Waals surface area contributed by atoms with Crippen LogP contribution in [0.1, 0.15) is 55.1 Å². The zero-order chi connectivity index (χ0) is 28.6. The number of carbonyl (C=O) groups excluding carboxylic acids is 3. The first kappa shape index (κ1) is 27.9. The molecule has 0 saturated carbocycles. The number of nitrogens with one attached hydrogen (secondary N) is 3. The number of fused-ring (bicyclic) bond motifs is 2. The molecule has 1 atom stereocenters. The van der Waals surface area contributed by atoms with Crippen LogP contribution in [0.3, 0.4) is 0 Å². The molecular formula is C34H35N3O4. The third-order valence-corrected chi connectivity index (χ3v) is 7.34. The van der Waals surface area contributed by atoms with Crippen molar-refractivity contribution in [3.8, 4) is 11.3 Å². The Morgan fingerprint density at radius 2 is 1.63 bits per heavy atom. The van der Waals surface area contributed by atoms with E-state index >= 15 is 0 Å². The summed E-state index contributed by atoms with van der Waals surface area (Å²) in [5, 5.41) is 7.90. The molecule has 210 valence electrons. The van der Waals surface area contributed by atoms with Gasteiger partial charge in [-0.3, -0.25) is 9.59 Å². The monoisotopic (exact) mass is 549 g/mol. The molecule has 0 spiro atoms. The van der Waals surface area contributed by atoms with Crippen molar-refractivity contribution in [3.63, 3.8) is 0 Å². The van der Waals surface area contributed by atoms with Crippen LogP contribution >= 0.6 is 0 Å². The van der Waals surface area contributed by atoms with Crippen LogP contribution in [0.25, 0.3) is 33.1 Å². The van der Waals surface area contributed by atoms with Gasteiger partial charge in [-0.1, -0.05) is 79.6 Å². The lowest BCUT2D eigenvalue weighted by molar-refractivity contribution is -0.123. The van der Waals surface area contributed by atoms with Crippen LogP contribution in [0.15, 0.2) is 89.3 Å². The van der Waals surface area contributed by atoms with E-state index in [0.29, 0.717) is 37.8 Å². The molecule has 0 radical (unpaired) electrons. The third-order valence-electron chi connectivity index (χ3n) is 7.34. The van der Waals surface area contributed by atoms with Gasteiger partial charge in [0, 0.05) is 34.9 Å². The smallest absolute Gasteiger partial charge is 0.287 e. The van der Waals surface area contributed by atoms with E-state index in [-0.39, 0.29) is 17.5 Å². The standard InChI is InChI=1S/C34H35N3O4/c1-23(38)12-4-2-7-18-29(37-34(40)31-22-25-15-8-11-19-30(25)41-31)33(39)35-21-20-27-26-16-9-10-17-28(26)36-32(27)24-13-5-3-6-14-24/h3,5-6,8-11,13-17,19,22,29,36H,2,4,7,12,18,20-21H2,1H3,(H,35,39)(H,37,40)/t29-/m0/s1. The van der Waals surface area contributed by atoms with Gasteiger partial charge in [0.15, 0.2) is 5.76 Å². The van der Waals surface area contributed by atoms with Crippen LogP contribution < -0.4 is 10.6 Å². The van der Waals surface area contributed by atoms with Gasteiger partial charge in [0.1, 0.15) is 17.4 Å². The van der Waals surface area contributed by atoms with Gasteiger partial charge in [0.05, 0.1) is 0 Å². The van der Waals surface area contributed by atoms with Gasteiger partial charge in [-0.25, -0.2) is 0 Å². The van der Waals surface area contributed by atoms with E-state index in [2.05, 4.69) is 39.9 Å². The third kappa shape index (κ3) is 6.92. The summed E-state index contributed by atoms with van der Waals surface area (Å²) in [6, 6.07) is 26.7. The number of H-pyrrole nitrogens is 1. The first-order valence-corrected chi connectivity index (χ1v) is 14.2. The Morgan fingerprint density at radius 1 is 0.878 bits per heavy atom. The SMILES string of the molecule is CC(=O)CCCCC[C@H](NC(=O)c1cc2ccccc2o1)C(=O)NCCc1c(-c2ccccc2)[nH]c2ccccc12. The number of amides is 2. The summed E-state index contributed by atoms with van der Waals surface area (Å²) in [5.41, 5.74) is 4.94. The fourth-order valence-corrected chi connectivity index (χ4v) is 5.24. The van der Waals surface area contributed by atoms with Gasteiger partial charge >= 0.3 is 0 Å². The summed E-state index contributed by atoms with van der Waals surface area (Å²) in [5.74, 6) is -0.327. The molecule has 3 N–H and O–H groups in total. The first-order valence-electron chi connectivity index (χ1n) is 14.2. The molecule has 0 saturated heterocycles. The van der Waals surface area contributed by atoms with Gasteiger partial charge in [0.2, 0.25) is 5.91 Å². The van der Waals surface area contributed by atoms with Crippen molar-refractivity contribution >= 4 is 39.5 Å². The summed E-state index contributed by atoms with van der Waals surface area (Å²) < 4.78 is 5.72. The summed E-state index contributed by atoms with van der Waals surface area (Å²) in [7, 11) is 0. The molecule has 5 rings (SSSR count). The fourth-order valence-electron chi connectivity index (χ4n) is 5.24. The number of carbonyl (C=O) groups is 3. The van der Waals surface area contributed by atoms with Crippen molar-refractivity contribution in [2.75, 3.05) is 6.54 Å². The Labute approximate surface area is 239 Å². The average molecular weight is 550 g/mol. The second kappa shape index (κ2) is 13.1. The molecule has 2 aromatic heterocycles. The number of hydrogen-bond donors (Lipinski definition) is 3. The largest absolute Gasteiger partial charge is 0.451 e. The van der Waals surface area contributed by atoms with Crippen molar-refractivity contribution in [1.29, 1.82) is 0 Å². The molecule has 7 nitrogen and oxygen atoms in total. The van der Waals surface area contributed by atoms with Crippen LogP contribution in [-0.2, 0) is 16.0 Å². The number of rotatable bonds is 13. The van der Waals surface area contributed by atoms with Crippen molar-refractivity contribution in [2.24, 2.45) is 0 Å². The van der Waals surface area contributed by atoms with E-state index in [1.165, 1.54) is 0 Å². The number of aromatic amines is 1.